The maximum absolute atomic E-state index is 12.3. The van der Waals surface area contributed by atoms with Gasteiger partial charge in [0.25, 0.3) is 5.91 Å². The Bertz CT molecular complexity index is 726. The first-order valence-electron chi connectivity index (χ1n) is 8.17. The number of urea groups is 1. The molecule has 0 bridgehead atoms. The number of carbonyl (C=O) groups is 4. The van der Waals surface area contributed by atoms with Gasteiger partial charge in [-0.3, -0.25) is 19.3 Å². The Morgan fingerprint density at radius 2 is 1.81 bits per heavy atom. The van der Waals surface area contributed by atoms with Crippen molar-refractivity contribution in [2.24, 2.45) is 0 Å². The molecule has 2 rings (SSSR count). The summed E-state index contributed by atoms with van der Waals surface area (Å²) in [5.74, 6) is -0.804. The lowest BCUT2D eigenvalue weighted by molar-refractivity contribution is -0.146. The van der Waals surface area contributed by atoms with E-state index >= 15 is 0 Å². The minimum absolute atomic E-state index is 0.101. The van der Waals surface area contributed by atoms with Gasteiger partial charge >= 0.3 is 12.0 Å². The number of carbonyl (C=O) groups excluding carboxylic acids is 4. The molecule has 1 atom stereocenters. The summed E-state index contributed by atoms with van der Waals surface area (Å²) in [6.07, 6.45) is -1.16. The summed E-state index contributed by atoms with van der Waals surface area (Å²) < 4.78 is 10.1. The van der Waals surface area contributed by atoms with E-state index < -0.39 is 29.6 Å². The van der Waals surface area contributed by atoms with E-state index in [1.54, 1.807) is 38.1 Å². The molecule has 26 heavy (non-hydrogen) atoms. The number of Topliss-reactive ketones (excluding diaryl/α,β-unsaturated/α-hetero) is 1. The standard InChI is InChI=1S/C18H22N2O6/c1-11(15(22)12-5-7-13(25-4)8-6-12)26-14(21)9-10-20-16(23)18(2,3)19-17(20)24/h5-8,11H,9-10H2,1-4H3,(H,19,24)/t11-/m1/s1. The van der Waals surface area contributed by atoms with Gasteiger partial charge in [-0.15, -0.1) is 0 Å². The Morgan fingerprint density at radius 3 is 2.31 bits per heavy atom. The van der Waals surface area contributed by atoms with Crippen LogP contribution in [0, 0.1) is 0 Å². The molecule has 1 heterocycles. The smallest absolute Gasteiger partial charge is 0.325 e. The van der Waals surface area contributed by atoms with E-state index in [-0.39, 0.29) is 18.7 Å². The predicted molar refractivity (Wildman–Crippen MR) is 91.8 cm³/mol. The average molecular weight is 362 g/mol. The monoisotopic (exact) mass is 362 g/mol. The van der Waals surface area contributed by atoms with E-state index in [9.17, 15) is 19.2 Å². The number of imide groups is 1. The van der Waals surface area contributed by atoms with Crippen LogP contribution in [0.4, 0.5) is 4.79 Å². The van der Waals surface area contributed by atoms with Crippen LogP contribution in [0.3, 0.4) is 0 Å². The van der Waals surface area contributed by atoms with Gasteiger partial charge in [0, 0.05) is 12.1 Å². The number of hydrogen-bond acceptors (Lipinski definition) is 6. The van der Waals surface area contributed by atoms with E-state index in [1.165, 1.54) is 14.0 Å². The van der Waals surface area contributed by atoms with Gasteiger partial charge in [0.2, 0.25) is 5.78 Å². The van der Waals surface area contributed by atoms with Crippen LogP contribution < -0.4 is 10.1 Å². The van der Waals surface area contributed by atoms with Gasteiger partial charge < -0.3 is 14.8 Å². The van der Waals surface area contributed by atoms with Crippen LogP contribution in [0.5, 0.6) is 5.75 Å². The Hall–Kier alpha value is -2.90. The Morgan fingerprint density at radius 1 is 1.19 bits per heavy atom. The lowest BCUT2D eigenvalue weighted by Gasteiger charge is -2.16. The highest BCUT2D eigenvalue weighted by atomic mass is 16.5. The van der Waals surface area contributed by atoms with Gasteiger partial charge in [0.1, 0.15) is 11.3 Å². The number of nitrogens with zero attached hydrogens (tertiary/aromatic N) is 1. The third-order valence-electron chi connectivity index (χ3n) is 4.04. The van der Waals surface area contributed by atoms with Crippen molar-refractivity contribution in [3.05, 3.63) is 29.8 Å². The molecule has 1 saturated heterocycles. The molecule has 0 aromatic heterocycles. The van der Waals surface area contributed by atoms with Gasteiger partial charge in [0.15, 0.2) is 6.10 Å². The molecule has 1 aliphatic heterocycles. The molecule has 8 nitrogen and oxygen atoms in total. The van der Waals surface area contributed by atoms with Crippen molar-refractivity contribution in [3.63, 3.8) is 0 Å². The van der Waals surface area contributed by atoms with Crippen molar-refractivity contribution in [2.75, 3.05) is 13.7 Å². The number of benzene rings is 1. The summed E-state index contributed by atoms with van der Waals surface area (Å²) >= 11 is 0. The summed E-state index contributed by atoms with van der Waals surface area (Å²) in [5, 5.41) is 2.53. The van der Waals surface area contributed by atoms with Crippen molar-refractivity contribution in [2.45, 2.75) is 38.8 Å². The molecule has 1 N–H and O–H groups in total. The molecular formula is C18H22N2O6. The van der Waals surface area contributed by atoms with Gasteiger partial charge in [0.05, 0.1) is 13.5 Å². The van der Waals surface area contributed by atoms with Crippen LogP contribution in [-0.4, -0.2) is 53.9 Å². The van der Waals surface area contributed by atoms with Gasteiger partial charge in [-0.25, -0.2) is 4.79 Å². The highest BCUT2D eigenvalue weighted by Crippen LogP contribution is 2.17. The fourth-order valence-electron chi connectivity index (χ4n) is 2.52. The molecular weight excluding hydrogens is 340 g/mol. The molecule has 3 amide bonds. The molecule has 0 unspecified atom stereocenters. The average Bonchev–Trinajstić information content (AvgIpc) is 2.79. The zero-order valence-corrected chi connectivity index (χ0v) is 15.2. The number of hydrogen-bond donors (Lipinski definition) is 1. The van der Waals surface area contributed by atoms with Crippen LogP contribution in [0.1, 0.15) is 37.6 Å². The molecule has 1 aromatic rings. The second-order valence-electron chi connectivity index (χ2n) is 6.49. The summed E-state index contributed by atoms with van der Waals surface area (Å²) in [5.41, 5.74) is -0.597. The fraction of sp³-hybridized carbons (Fsp3) is 0.444. The van der Waals surface area contributed by atoms with E-state index in [0.29, 0.717) is 11.3 Å². The third kappa shape index (κ3) is 4.19. The molecule has 140 valence electrons. The lowest BCUT2D eigenvalue weighted by atomic mass is 10.1. The molecule has 1 aromatic carbocycles. The summed E-state index contributed by atoms with van der Waals surface area (Å²) in [6, 6.07) is 5.90. The van der Waals surface area contributed by atoms with Crippen LogP contribution in [0.25, 0.3) is 0 Å². The van der Waals surface area contributed by atoms with Crippen molar-refractivity contribution < 1.29 is 28.7 Å². The number of rotatable bonds is 7. The molecule has 1 fully saturated rings. The quantitative estimate of drug-likeness (QED) is 0.448. The maximum Gasteiger partial charge on any atom is 0.325 e. The van der Waals surface area contributed by atoms with Crippen molar-refractivity contribution >= 4 is 23.7 Å². The first-order valence-corrected chi connectivity index (χ1v) is 8.17. The van der Waals surface area contributed by atoms with Gasteiger partial charge in [-0.05, 0) is 45.0 Å². The lowest BCUT2D eigenvalue weighted by Crippen LogP contribution is -2.40. The molecule has 0 radical (unpaired) electrons. The number of amides is 3. The molecule has 1 aliphatic rings. The SMILES string of the molecule is COc1ccc(C(=O)[C@@H](C)OC(=O)CCN2C(=O)NC(C)(C)C2=O)cc1. The van der Waals surface area contributed by atoms with Crippen LogP contribution >= 0.6 is 0 Å². The molecule has 0 saturated carbocycles. The largest absolute Gasteiger partial charge is 0.497 e. The highest BCUT2D eigenvalue weighted by Gasteiger charge is 2.44. The third-order valence-corrected chi connectivity index (χ3v) is 4.04. The normalized spacial score (nSPS) is 16.8. The zero-order valence-electron chi connectivity index (χ0n) is 15.2. The molecule has 0 spiro atoms. The number of ether oxygens (including phenoxy) is 2. The van der Waals surface area contributed by atoms with E-state index in [1.807, 2.05) is 0 Å². The zero-order chi connectivity index (χ0) is 19.5. The van der Waals surface area contributed by atoms with Crippen LogP contribution in [0.2, 0.25) is 0 Å². The van der Waals surface area contributed by atoms with Crippen molar-refractivity contribution in [1.29, 1.82) is 0 Å². The second kappa shape index (κ2) is 7.55. The summed E-state index contributed by atoms with van der Waals surface area (Å²) in [4.78, 5) is 49.0. The Kier molecular flexibility index (Phi) is 5.64. The predicted octanol–water partition coefficient (Wildman–Crippen LogP) is 1.53. The fourth-order valence-corrected chi connectivity index (χ4v) is 2.52. The first kappa shape index (κ1) is 19.4. The minimum atomic E-state index is -0.987. The Labute approximate surface area is 151 Å². The number of methoxy groups -OCH3 is 1. The van der Waals surface area contributed by atoms with Gasteiger partial charge in [-0.2, -0.15) is 0 Å². The van der Waals surface area contributed by atoms with Crippen LogP contribution in [0.15, 0.2) is 24.3 Å². The number of ketones is 1. The number of nitrogens with one attached hydrogen (secondary N) is 1. The highest BCUT2D eigenvalue weighted by molar-refractivity contribution is 6.06. The van der Waals surface area contributed by atoms with Crippen molar-refractivity contribution in [1.82, 2.24) is 10.2 Å². The first-order chi connectivity index (χ1) is 12.2. The summed E-state index contributed by atoms with van der Waals surface area (Å²) in [6.45, 7) is 4.54. The Balaban J connectivity index is 1.87. The van der Waals surface area contributed by atoms with E-state index in [2.05, 4.69) is 5.32 Å². The molecule has 0 aliphatic carbocycles. The number of esters is 1. The molecule has 8 heteroatoms. The summed E-state index contributed by atoms with van der Waals surface area (Å²) in [7, 11) is 1.52. The van der Waals surface area contributed by atoms with E-state index in [0.717, 1.165) is 4.90 Å². The minimum Gasteiger partial charge on any atom is -0.497 e. The van der Waals surface area contributed by atoms with E-state index in [4.69, 9.17) is 9.47 Å². The van der Waals surface area contributed by atoms with Gasteiger partial charge in [-0.1, -0.05) is 0 Å². The van der Waals surface area contributed by atoms with Crippen LogP contribution in [-0.2, 0) is 14.3 Å². The topological polar surface area (TPSA) is 102 Å². The maximum atomic E-state index is 12.3. The second-order valence-corrected chi connectivity index (χ2v) is 6.49. The van der Waals surface area contributed by atoms with Crippen molar-refractivity contribution in [3.8, 4) is 5.75 Å².